The van der Waals surface area contributed by atoms with E-state index < -0.39 is 0 Å². The van der Waals surface area contributed by atoms with Crippen LogP contribution >= 0.6 is 0 Å². The van der Waals surface area contributed by atoms with Crippen molar-refractivity contribution in [3.05, 3.63) is 64.3 Å². The monoisotopic (exact) mass is 286 g/mol. The number of pyridine rings is 2. The first-order valence-electron chi connectivity index (χ1n) is 6.77. The molecule has 2 aromatic heterocycles. The van der Waals surface area contributed by atoms with Crippen molar-refractivity contribution in [2.45, 2.75) is 13.0 Å². The molecule has 0 bridgehead atoms. The number of rotatable bonds is 6. The molecule has 1 amide bonds. The molecule has 0 radical (unpaired) electrons. The Balaban J connectivity index is 2.21. The van der Waals surface area contributed by atoms with Crippen LogP contribution in [-0.4, -0.2) is 33.9 Å². The highest BCUT2D eigenvalue weighted by atomic mass is 16.2. The van der Waals surface area contributed by atoms with Crippen molar-refractivity contribution in [3.63, 3.8) is 0 Å². The molecule has 0 aliphatic rings. The van der Waals surface area contributed by atoms with Crippen molar-refractivity contribution in [1.29, 1.82) is 0 Å². The minimum atomic E-state index is -0.297. The molecule has 0 saturated heterocycles. The lowest BCUT2D eigenvalue weighted by molar-refractivity contribution is 0.0740. The Bertz CT molecular complexity index is 639. The van der Waals surface area contributed by atoms with Crippen LogP contribution in [0.1, 0.15) is 22.3 Å². The number of carbonyl (C=O) groups is 1. The highest BCUT2D eigenvalue weighted by Gasteiger charge is 2.18. The Morgan fingerprint density at radius 1 is 1.38 bits per heavy atom. The van der Waals surface area contributed by atoms with Gasteiger partial charge < -0.3 is 15.6 Å². The standard InChI is InChI=1S/C15H18N4O2/c16-5-2-8-19(11-12-3-1-6-17-9-12)15(21)13-10-18-7-4-14(13)20/h1,3-4,6-7,9-10H,2,5,8,11,16H2,(H,18,20). The fourth-order valence-electron chi connectivity index (χ4n) is 2.00. The second kappa shape index (κ2) is 7.35. The molecule has 0 aliphatic carbocycles. The summed E-state index contributed by atoms with van der Waals surface area (Å²) in [6.07, 6.45) is 7.00. The average Bonchev–Trinajstić information content (AvgIpc) is 2.52. The van der Waals surface area contributed by atoms with Crippen LogP contribution in [-0.2, 0) is 6.54 Å². The number of carbonyl (C=O) groups excluding carboxylic acids is 1. The molecule has 0 aromatic carbocycles. The van der Waals surface area contributed by atoms with Gasteiger partial charge >= 0.3 is 0 Å². The first-order valence-corrected chi connectivity index (χ1v) is 6.77. The zero-order valence-electron chi connectivity index (χ0n) is 11.7. The van der Waals surface area contributed by atoms with Crippen molar-refractivity contribution in [1.82, 2.24) is 14.9 Å². The molecule has 6 heteroatoms. The van der Waals surface area contributed by atoms with Gasteiger partial charge in [0.25, 0.3) is 5.91 Å². The van der Waals surface area contributed by atoms with Gasteiger partial charge in [0.1, 0.15) is 5.56 Å². The highest BCUT2D eigenvalue weighted by Crippen LogP contribution is 2.07. The van der Waals surface area contributed by atoms with Gasteiger partial charge in [-0.1, -0.05) is 6.07 Å². The lowest BCUT2D eigenvalue weighted by atomic mass is 10.2. The van der Waals surface area contributed by atoms with E-state index >= 15 is 0 Å². The maximum Gasteiger partial charge on any atom is 0.259 e. The summed E-state index contributed by atoms with van der Waals surface area (Å²) in [5.41, 5.74) is 6.28. The van der Waals surface area contributed by atoms with E-state index in [1.54, 1.807) is 17.3 Å². The number of aromatic amines is 1. The van der Waals surface area contributed by atoms with E-state index in [1.165, 1.54) is 18.5 Å². The fourth-order valence-corrected chi connectivity index (χ4v) is 2.00. The third-order valence-corrected chi connectivity index (χ3v) is 3.07. The summed E-state index contributed by atoms with van der Waals surface area (Å²) in [7, 11) is 0. The summed E-state index contributed by atoms with van der Waals surface area (Å²) >= 11 is 0. The van der Waals surface area contributed by atoms with Gasteiger partial charge in [-0.3, -0.25) is 14.6 Å². The molecule has 2 rings (SSSR count). The minimum Gasteiger partial charge on any atom is -0.367 e. The number of nitrogens with zero attached hydrogens (tertiary/aromatic N) is 2. The summed E-state index contributed by atoms with van der Waals surface area (Å²) in [6.45, 7) is 1.39. The van der Waals surface area contributed by atoms with Crippen LogP contribution in [0.2, 0.25) is 0 Å². The van der Waals surface area contributed by atoms with E-state index in [2.05, 4.69) is 9.97 Å². The number of amides is 1. The second-order valence-electron chi connectivity index (χ2n) is 4.65. The fraction of sp³-hybridized carbons (Fsp3) is 0.267. The Morgan fingerprint density at radius 3 is 2.90 bits per heavy atom. The molecule has 0 atom stereocenters. The van der Waals surface area contributed by atoms with Crippen molar-refractivity contribution in [2.75, 3.05) is 13.1 Å². The van der Waals surface area contributed by atoms with Gasteiger partial charge in [0.15, 0.2) is 5.43 Å². The molecule has 0 unspecified atom stereocenters. The first kappa shape index (κ1) is 14.9. The summed E-state index contributed by atoms with van der Waals surface area (Å²) < 4.78 is 0. The van der Waals surface area contributed by atoms with Gasteiger partial charge in [-0.2, -0.15) is 0 Å². The molecule has 6 nitrogen and oxygen atoms in total. The van der Waals surface area contributed by atoms with Crippen LogP contribution in [0.3, 0.4) is 0 Å². The van der Waals surface area contributed by atoms with Gasteiger partial charge in [0.05, 0.1) is 0 Å². The predicted octanol–water partition coefficient (Wildman–Crippen LogP) is 0.761. The van der Waals surface area contributed by atoms with E-state index in [1.807, 2.05) is 12.1 Å². The van der Waals surface area contributed by atoms with Crippen LogP contribution in [0.15, 0.2) is 47.8 Å². The summed E-state index contributed by atoms with van der Waals surface area (Å²) in [5.74, 6) is -0.297. The van der Waals surface area contributed by atoms with Crippen LogP contribution in [0.5, 0.6) is 0 Å². The van der Waals surface area contributed by atoms with E-state index in [0.29, 0.717) is 26.1 Å². The van der Waals surface area contributed by atoms with Crippen LogP contribution in [0.4, 0.5) is 0 Å². The molecule has 2 aromatic rings. The highest BCUT2D eigenvalue weighted by molar-refractivity contribution is 5.93. The lowest BCUT2D eigenvalue weighted by Crippen LogP contribution is -2.35. The molecular formula is C15H18N4O2. The normalized spacial score (nSPS) is 10.3. The average molecular weight is 286 g/mol. The van der Waals surface area contributed by atoms with Crippen LogP contribution < -0.4 is 11.2 Å². The third kappa shape index (κ3) is 4.00. The van der Waals surface area contributed by atoms with E-state index in [0.717, 1.165) is 5.56 Å². The van der Waals surface area contributed by atoms with Crippen LogP contribution in [0, 0.1) is 0 Å². The maximum absolute atomic E-state index is 12.5. The molecule has 21 heavy (non-hydrogen) atoms. The van der Waals surface area contributed by atoms with E-state index in [4.69, 9.17) is 5.73 Å². The van der Waals surface area contributed by atoms with E-state index in [9.17, 15) is 9.59 Å². The molecule has 110 valence electrons. The molecular weight excluding hydrogens is 268 g/mol. The minimum absolute atomic E-state index is 0.137. The Labute approximate surface area is 122 Å². The summed E-state index contributed by atoms with van der Waals surface area (Å²) in [4.78, 5) is 32.7. The lowest BCUT2D eigenvalue weighted by Gasteiger charge is -2.22. The van der Waals surface area contributed by atoms with Gasteiger partial charge in [0, 0.05) is 43.9 Å². The number of hydrogen-bond acceptors (Lipinski definition) is 4. The molecule has 0 aliphatic heterocycles. The summed E-state index contributed by atoms with van der Waals surface area (Å²) in [5, 5.41) is 0. The van der Waals surface area contributed by atoms with Crippen molar-refractivity contribution >= 4 is 5.91 Å². The molecule has 2 heterocycles. The Hall–Kier alpha value is -2.47. The van der Waals surface area contributed by atoms with Crippen LogP contribution in [0.25, 0.3) is 0 Å². The SMILES string of the molecule is NCCCN(Cc1cccnc1)C(=O)c1c[nH]ccc1=O. The Kier molecular flexibility index (Phi) is 5.22. The number of H-pyrrole nitrogens is 1. The molecule has 0 saturated carbocycles. The first-order chi connectivity index (χ1) is 10.2. The van der Waals surface area contributed by atoms with Gasteiger partial charge in [0.2, 0.25) is 0 Å². The smallest absolute Gasteiger partial charge is 0.259 e. The quantitative estimate of drug-likeness (QED) is 0.820. The zero-order chi connectivity index (χ0) is 15.1. The van der Waals surface area contributed by atoms with Crippen molar-refractivity contribution in [2.24, 2.45) is 5.73 Å². The zero-order valence-corrected chi connectivity index (χ0v) is 11.7. The number of nitrogens with one attached hydrogen (secondary N) is 1. The number of nitrogens with two attached hydrogens (primary N) is 1. The van der Waals surface area contributed by atoms with Crippen molar-refractivity contribution in [3.8, 4) is 0 Å². The summed E-state index contributed by atoms with van der Waals surface area (Å²) in [6, 6.07) is 5.06. The topological polar surface area (TPSA) is 92.1 Å². The second-order valence-corrected chi connectivity index (χ2v) is 4.65. The molecule has 3 N–H and O–H groups in total. The van der Waals surface area contributed by atoms with Gasteiger partial charge in [-0.05, 0) is 24.6 Å². The Morgan fingerprint density at radius 2 is 2.24 bits per heavy atom. The number of aromatic nitrogens is 2. The van der Waals surface area contributed by atoms with E-state index in [-0.39, 0.29) is 16.9 Å². The van der Waals surface area contributed by atoms with Gasteiger partial charge in [-0.25, -0.2) is 0 Å². The van der Waals surface area contributed by atoms with Gasteiger partial charge in [-0.15, -0.1) is 0 Å². The maximum atomic E-state index is 12.5. The molecule has 0 fully saturated rings. The number of hydrogen-bond donors (Lipinski definition) is 2. The third-order valence-electron chi connectivity index (χ3n) is 3.07. The largest absolute Gasteiger partial charge is 0.367 e. The van der Waals surface area contributed by atoms with Crippen molar-refractivity contribution < 1.29 is 4.79 Å². The predicted molar refractivity (Wildman–Crippen MR) is 79.7 cm³/mol. The molecule has 0 spiro atoms.